The molecule has 1 aromatic rings. The average Bonchev–Trinajstić information content (AvgIpc) is 2.47. The highest BCUT2D eigenvalue weighted by molar-refractivity contribution is 5.94. The number of nitrogens with one attached hydrogen (secondary N) is 3. The van der Waals surface area contributed by atoms with Gasteiger partial charge in [-0.25, -0.2) is 0 Å². The molecule has 0 bridgehead atoms. The molecule has 0 heterocycles. The smallest absolute Gasteiger partial charge is 0.251 e. The van der Waals surface area contributed by atoms with Crippen LogP contribution in [0.5, 0.6) is 0 Å². The van der Waals surface area contributed by atoms with Gasteiger partial charge < -0.3 is 20.8 Å². The fraction of sp³-hybridized carbons (Fsp3) is 0.385. The van der Waals surface area contributed by atoms with Gasteiger partial charge in [0.05, 0.1) is 6.61 Å². The van der Waals surface area contributed by atoms with Gasteiger partial charge in [0.15, 0.2) is 0 Å². The van der Waals surface area contributed by atoms with Gasteiger partial charge in [0.1, 0.15) is 0 Å². The fourth-order valence-corrected chi connectivity index (χ4v) is 1.49. The van der Waals surface area contributed by atoms with E-state index in [1.165, 1.54) is 0 Å². The van der Waals surface area contributed by atoms with Crippen LogP contribution in [0.1, 0.15) is 16.8 Å². The largest absolute Gasteiger partial charge is 0.383 e. The molecule has 0 unspecified atom stereocenters. The fourth-order valence-electron chi connectivity index (χ4n) is 1.49. The van der Waals surface area contributed by atoms with Crippen LogP contribution in [0.15, 0.2) is 24.3 Å². The number of rotatable bonds is 8. The van der Waals surface area contributed by atoms with E-state index in [-0.39, 0.29) is 24.8 Å². The van der Waals surface area contributed by atoms with E-state index in [9.17, 15) is 9.59 Å². The van der Waals surface area contributed by atoms with Crippen LogP contribution in [0.2, 0.25) is 0 Å². The van der Waals surface area contributed by atoms with E-state index in [4.69, 9.17) is 10.6 Å². The van der Waals surface area contributed by atoms with Crippen molar-refractivity contribution < 1.29 is 14.3 Å². The Morgan fingerprint density at radius 1 is 1.15 bits per heavy atom. The quantitative estimate of drug-likeness (QED) is 0.301. The van der Waals surface area contributed by atoms with E-state index in [1.54, 1.807) is 31.4 Å². The number of hydrogen-bond acceptors (Lipinski definition) is 5. The summed E-state index contributed by atoms with van der Waals surface area (Å²) in [5.74, 6) is 4.89. The van der Waals surface area contributed by atoms with Crippen LogP contribution < -0.4 is 21.9 Å². The van der Waals surface area contributed by atoms with Crippen molar-refractivity contribution in [1.82, 2.24) is 10.6 Å². The number of ether oxygens (including phenoxy) is 1. The number of nitrogen functional groups attached to an aromatic ring is 1. The molecule has 2 amide bonds. The summed E-state index contributed by atoms with van der Waals surface area (Å²) < 4.78 is 4.81. The highest BCUT2D eigenvalue weighted by atomic mass is 16.5. The Morgan fingerprint density at radius 3 is 2.45 bits per heavy atom. The average molecular weight is 280 g/mol. The summed E-state index contributed by atoms with van der Waals surface area (Å²) in [4.78, 5) is 23.2. The molecular weight excluding hydrogens is 260 g/mol. The van der Waals surface area contributed by atoms with Crippen molar-refractivity contribution >= 4 is 17.5 Å². The predicted octanol–water partition coefficient (Wildman–Crippen LogP) is -0.145. The molecule has 0 aromatic heterocycles. The Hall–Kier alpha value is -2.12. The van der Waals surface area contributed by atoms with Gasteiger partial charge in [-0.3, -0.25) is 15.4 Å². The molecule has 5 N–H and O–H groups in total. The number of hydrazine groups is 1. The standard InChI is InChI=1S/C13H20N4O3/c1-20-9-8-15-12(18)6-7-16-13(19)10-2-4-11(17-14)5-3-10/h2-5,17H,6-9,14H2,1H3,(H,15,18)(H,16,19). The van der Waals surface area contributed by atoms with Crippen LogP contribution in [0.4, 0.5) is 5.69 Å². The Morgan fingerprint density at radius 2 is 1.85 bits per heavy atom. The Kier molecular flexibility index (Phi) is 7.08. The lowest BCUT2D eigenvalue weighted by Gasteiger charge is -2.07. The van der Waals surface area contributed by atoms with E-state index in [0.29, 0.717) is 18.7 Å². The normalized spacial score (nSPS) is 9.90. The number of hydrogen-bond donors (Lipinski definition) is 4. The minimum atomic E-state index is -0.224. The van der Waals surface area contributed by atoms with E-state index >= 15 is 0 Å². The summed E-state index contributed by atoms with van der Waals surface area (Å²) in [5, 5.41) is 5.35. The van der Waals surface area contributed by atoms with Gasteiger partial charge in [0.2, 0.25) is 5.91 Å². The Labute approximate surface area is 117 Å². The summed E-state index contributed by atoms with van der Waals surface area (Å²) in [6.07, 6.45) is 0.234. The molecule has 0 fully saturated rings. The van der Waals surface area contributed by atoms with Gasteiger partial charge in [-0.2, -0.15) is 0 Å². The van der Waals surface area contributed by atoms with Crippen molar-refractivity contribution in [3.63, 3.8) is 0 Å². The number of anilines is 1. The molecule has 1 rings (SSSR count). The molecule has 0 saturated heterocycles. The van der Waals surface area contributed by atoms with Crippen molar-refractivity contribution in [2.75, 3.05) is 32.2 Å². The second-order valence-electron chi connectivity index (χ2n) is 4.07. The molecule has 7 nitrogen and oxygen atoms in total. The first kappa shape index (κ1) is 15.9. The molecule has 110 valence electrons. The molecule has 20 heavy (non-hydrogen) atoms. The number of carbonyl (C=O) groups excluding carboxylic acids is 2. The molecule has 0 aliphatic rings. The monoisotopic (exact) mass is 280 g/mol. The van der Waals surface area contributed by atoms with Crippen LogP contribution in [-0.2, 0) is 9.53 Å². The van der Waals surface area contributed by atoms with Gasteiger partial charge in [-0.15, -0.1) is 0 Å². The van der Waals surface area contributed by atoms with Crippen molar-refractivity contribution in [3.8, 4) is 0 Å². The van der Waals surface area contributed by atoms with Crippen LogP contribution >= 0.6 is 0 Å². The summed E-state index contributed by atoms with van der Waals surface area (Å²) in [5.41, 5.74) is 3.72. The van der Waals surface area contributed by atoms with Crippen molar-refractivity contribution in [1.29, 1.82) is 0 Å². The Bertz CT molecular complexity index is 434. The summed E-state index contributed by atoms with van der Waals surface area (Å²) in [7, 11) is 1.57. The first-order valence-corrected chi connectivity index (χ1v) is 6.28. The third-order valence-electron chi connectivity index (χ3n) is 2.58. The summed E-state index contributed by atoms with van der Waals surface area (Å²) >= 11 is 0. The van der Waals surface area contributed by atoms with Gasteiger partial charge in [0, 0.05) is 37.9 Å². The molecule has 0 atom stereocenters. The maximum Gasteiger partial charge on any atom is 0.251 e. The number of amides is 2. The van der Waals surface area contributed by atoms with Gasteiger partial charge >= 0.3 is 0 Å². The van der Waals surface area contributed by atoms with E-state index < -0.39 is 0 Å². The van der Waals surface area contributed by atoms with Crippen LogP contribution in [0, 0.1) is 0 Å². The zero-order valence-corrected chi connectivity index (χ0v) is 11.4. The molecule has 0 aliphatic carbocycles. The maximum atomic E-state index is 11.8. The number of methoxy groups -OCH3 is 1. The molecule has 0 radical (unpaired) electrons. The number of nitrogens with two attached hydrogens (primary N) is 1. The van der Waals surface area contributed by atoms with E-state index in [1.807, 2.05) is 0 Å². The lowest BCUT2D eigenvalue weighted by Crippen LogP contribution is -2.32. The molecule has 0 saturated carbocycles. The number of carbonyl (C=O) groups is 2. The van der Waals surface area contributed by atoms with Crippen molar-refractivity contribution in [2.24, 2.45) is 5.84 Å². The van der Waals surface area contributed by atoms with Gasteiger partial charge in [-0.05, 0) is 24.3 Å². The molecule has 0 spiro atoms. The molecule has 7 heteroatoms. The minimum Gasteiger partial charge on any atom is -0.383 e. The summed E-state index contributed by atoms with van der Waals surface area (Å²) in [6.45, 7) is 1.23. The van der Waals surface area contributed by atoms with Crippen LogP contribution in [0.25, 0.3) is 0 Å². The zero-order chi connectivity index (χ0) is 14.8. The number of benzene rings is 1. The SMILES string of the molecule is COCCNC(=O)CCNC(=O)c1ccc(NN)cc1. The highest BCUT2D eigenvalue weighted by Crippen LogP contribution is 2.07. The highest BCUT2D eigenvalue weighted by Gasteiger charge is 2.06. The molecule has 1 aromatic carbocycles. The van der Waals surface area contributed by atoms with Crippen LogP contribution in [-0.4, -0.2) is 38.6 Å². The third-order valence-corrected chi connectivity index (χ3v) is 2.58. The van der Waals surface area contributed by atoms with Crippen molar-refractivity contribution in [3.05, 3.63) is 29.8 Å². The first-order valence-electron chi connectivity index (χ1n) is 6.28. The van der Waals surface area contributed by atoms with Gasteiger partial charge in [0.25, 0.3) is 5.91 Å². The predicted molar refractivity (Wildman–Crippen MR) is 76.1 cm³/mol. The zero-order valence-electron chi connectivity index (χ0n) is 11.4. The minimum absolute atomic E-state index is 0.120. The lowest BCUT2D eigenvalue weighted by atomic mass is 10.2. The maximum absolute atomic E-state index is 11.8. The lowest BCUT2D eigenvalue weighted by molar-refractivity contribution is -0.121. The second-order valence-corrected chi connectivity index (χ2v) is 4.07. The summed E-state index contributed by atoms with van der Waals surface area (Å²) in [6, 6.07) is 6.71. The van der Waals surface area contributed by atoms with Crippen LogP contribution in [0.3, 0.4) is 0 Å². The molecular formula is C13H20N4O3. The second kappa shape index (κ2) is 8.89. The van der Waals surface area contributed by atoms with Gasteiger partial charge in [-0.1, -0.05) is 0 Å². The van der Waals surface area contributed by atoms with Crippen molar-refractivity contribution in [2.45, 2.75) is 6.42 Å². The molecule has 0 aliphatic heterocycles. The third kappa shape index (κ3) is 5.68. The van der Waals surface area contributed by atoms with E-state index in [2.05, 4.69) is 16.1 Å². The Balaban J connectivity index is 2.27. The topological polar surface area (TPSA) is 105 Å². The van der Waals surface area contributed by atoms with E-state index in [0.717, 1.165) is 5.69 Å². The first-order chi connectivity index (χ1) is 9.67.